The zero-order chi connectivity index (χ0) is 22.1. The van der Waals surface area contributed by atoms with Gasteiger partial charge in [0.1, 0.15) is 11.2 Å². The summed E-state index contributed by atoms with van der Waals surface area (Å²) >= 11 is 1.32. The lowest BCUT2D eigenvalue weighted by molar-refractivity contribution is 0.369. The van der Waals surface area contributed by atoms with E-state index in [0.717, 1.165) is 17.5 Å². The molecule has 0 radical (unpaired) electrons. The van der Waals surface area contributed by atoms with Gasteiger partial charge in [-0.2, -0.15) is 4.98 Å². The van der Waals surface area contributed by atoms with Gasteiger partial charge in [0.15, 0.2) is 0 Å². The minimum atomic E-state index is -0.406. The summed E-state index contributed by atoms with van der Waals surface area (Å²) in [6.07, 6.45) is 0.954. The molecule has 0 saturated heterocycles. The predicted molar refractivity (Wildman–Crippen MR) is 124 cm³/mol. The molecule has 0 aliphatic heterocycles. The Kier molecular flexibility index (Phi) is 5.28. The molecule has 160 valence electrons. The van der Waals surface area contributed by atoms with Crippen molar-refractivity contribution in [1.82, 2.24) is 19.3 Å². The van der Waals surface area contributed by atoms with E-state index in [1.54, 1.807) is 6.07 Å². The van der Waals surface area contributed by atoms with Gasteiger partial charge < -0.3 is 4.52 Å². The zero-order valence-corrected chi connectivity index (χ0v) is 18.2. The summed E-state index contributed by atoms with van der Waals surface area (Å²) in [6.45, 7) is 2.38. The van der Waals surface area contributed by atoms with Crippen LogP contribution >= 0.6 is 11.3 Å². The number of hydrogen-bond donors (Lipinski definition) is 0. The molecule has 2 aromatic carbocycles. The Morgan fingerprint density at radius 3 is 2.44 bits per heavy atom. The summed E-state index contributed by atoms with van der Waals surface area (Å²) < 4.78 is 8.75. The average Bonchev–Trinajstić information content (AvgIpc) is 3.50. The first-order valence-electron chi connectivity index (χ1n) is 10.3. The fourth-order valence-electron chi connectivity index (χ4n) is 3.65. The second-order valence-corrected chi connectivity index (χ2v) is 8.36. The van der Waals surface area contributed by atoms with Crippen molar-refractivity contribution in [2.24, 2.45) is 0 Å². The third-order valence-corrected chi connectivity index (χ3v) is 6.29. The van der Waals surface area contributed by atoms with Crippen LogP contribution in [0.4, 0.5) is 0 Å². The van der Waals surface area contributed by atoms with Gasteiger partial charge in [-0.05, 0) is 29.0 Å². The minimum absolute atomic E-state index is 0.0845. The van der Waals surface area contributed by atoms with Gasteiger partial charge in [0, 0.05) is 5.56 Å². The van der Waals surface area contributed by atoms with Gasteiger partial charge in [0.2, 0.25) is 11.7 Å². The molecule has 5 aromatic rings. The number of hydrogen-bond acceptors (Lipinski definition) is 6. The van der Waals surface area contributed by atoms with E-state index < -0.39 is 5.69 Å². The van der Waals surface area contributed by atoms with E-state index in [9.17, 15) is 9.59 Å². The molecular formula is C24H20N4O3S. The monoisotopic (exact) mass is 444 g/mol. The molecular weight excluding hydrogens is 424 g/mol. The van der Waals surface area contributed by atoms with E-state index in [-0.39, 0.29) is 18.6 Å². The molecule has 7 nitrogen and oxygen atoms in total. The molecule has 0 unspecified atom stereocenters. The highest BCUT2D eigenvalue weighted by atomic mass is 32.1. The van der Waals surface area contributed by atoms with Gasteiger partial charge >= 0.3 is 5.69 Å². The van der Waals surface area contributed by atoms with E-state index in [4.69, 9.17) is 4.52 Å². The molecule has 3 heterocycles. The molecule has 0 N–H and O–H groups in total. The second-order valence-electron chi connectivity index (χ2n) is 7.44. The van der Waals surface area contributed by atoms with E-state index in [2.05, 4.69) is 17.1 Å². The Labute approximate surface area is 187 Å². The maximum atomic E-state index is 13.3. The minimum Gasteiger partial charge on any atom is -0.337 e. The van der Waals surface area contributed by atoms with Crippen LogP contribution in [0.3, 0.4) is 0 Å². The number of aromatic nitrogens is 4. The third kappa shape index (κ3) is 3.69. The Hall–Kier alpha value is -3.78. The topological polar surface area (TPSA) is 82.9 Å². The van der Waals surface area contributed by atoms with E-state index >= 15 is 0 Å². The smallest absolute Gasteiger partial charge is 0.332 e. The van der Waals surface area contributed by atoms with E-state index in [0.29, 0.717) is 21.9 Å². The molecule has 0 spiro atoms. The quantitative estimate of drug-likeness (QED) is 0.396. The number of nitrogens with zero attached hydrogens (tertiary/aromatic N) is 4. The molecule has 0 saturated carbocycles. The van der Waals surface area contributed by atoms with Crippen molar-refractivity contribution in [3.8, 4) is 11.4 Å². The van der Waals surface area contributed by atoms with Crippen LogP contribution in [-0.2, 0) is 19.5 Å². The molecule has 0 aliphatic carbocycles. The molecule has 0 bridgehead atoms. The van der Waals surface area contributed by atoms with Crippen LogP contribution in [0.25, 0.3) is 21.6 Å². The summed E-state index contributed by atoms with van der Waals surface area (Å²) in [6, 6.07) is 19.2. The summed E-state index contributed by atoms with van der Waals surface area (Å²) in [4.78, 5) is 30.7. The van der Waals surface area contributed by atoms with Crippen molar-refractivity contribution in [3.05, 3.63) is 104 Å². The normalized spacial score (nSPS) is 11.3. The number of benzene rings is 2. The lowest BCUT2D eigenvalue weighted by Crippen LogP contribution is -2.40. The zero-order valence-electron chi connectivity index (χ0n) is 17.4. The highest BCUT2D eigenvalue weighted by Gasteiger charge is 2.17. The number of thiophene rings is 1. The fourth-order valence-corrected chi connectivity index (χ4v) is 4.50. The van der Waals surface area contributed by atoms with Gasteiger partial charge in [-0.25, -0.2) is 4.79 Å². The summed E-state index contributed by atoms with van der Waals surface area (Å²) in [5.41, 5.74) is 2.83. The van der Waals surface area contributed by atoms with Gasteiger partial charge in [0.05, 0.1) is 12.1 Å². The van der Waals surface area contributed by atoms with E-state index in [1.807, 2.05) is 60.0 Å². The highest BCUT2D eigenvalue weighted by molar-refractivity contribution is 7.17. The molecule has 0 atom stereocenters. The van der Waals surface area contributed by atoms with Gasteiger partial charge in [-0.1, -0.05) is 66.7 Å². The Balaban J connectivity index is 1.53. The lowest BCUT2D eigenvalue weighted by atomic mass is 10.1. The third-order valence-electron chi connectivity index (χ3n) is 5.40. The SMILES string of the molecule is CCc1ccc(-c2noc(Cn3c(=O)n(Cc4ccccc4)c(=O)c4sccc43)n2)cc1. The van der Waals surface area contributed by atoms with Crippen LogP contribution in [0.2, 0.25) is 0 Å². The van der Waals surface area contributed by atoms with Gasteiger partial charge in [-0.15, -0.1) is 11.3 Å². The molecule has 3 aromatic heterocycles. The van der Waals surface area contributed by atoms with Crippen LogP contribution in [-0.4, -0.2) is 19.3 Å². The van der Waals surface area contributed by atoms with Crippen LogP contribution in [0, 0.1) is 0 Å². The Morgan fingerprint density at radius 2 is 1.69 bits per heavy atom. The number of rotatable bonds is 6. The van der Waals surface area contributed by atoms with Crippen LogP contribution in [0.5, 0.6) is 0 Å². The number of aryl methyl sites for hydroxylation is 1. The van der Waals surface area contributed by atoms with E-state index in [1.165, 1.54) is 26.0 Å². The van der Waals surface area contributed by atoms with Crippen LogP contribution in [0.15, 0.2) is 80.2 Å². The molecule has 5 rings (SSSR count). The van der Waals surface area contributed by atoms with Gasteiger partial charge in [-0.3, -0.25) is 13.9 Å². The maximum Gasteiger partial charge on any atom is 0.332 e. The van der Waals surface area contributed by atoms with Crippen LogP contribution in [0.1, 0.15) is 23.9 Å². The Bertz CT molecular complexity index is 1490. The predicted octanol–water partition coefficient (Wildman–Crippen LogP) is 3.93. The highest BCUT2D eigenvalue weighted by Crippen LogP contribution is 2.19. The first kappa shape index (κ1) is 20.1. The second kappa shape index (κ2) is 8.39. The van der Waals surface area contributed by atoms with Gasteiger partial charge in [0.25, 0.3) is 5.56 Å². The molecule has 0 aliphatic rings. The van der Waals surface area contributed by atoms with Crippen LogP contribution < -0.4 is 11.2 Å². The standard InChI is InChI=1S/C24H20N4O3S/c1-2-16-8-10-18(11-9-16)22-25-20(31-26-22)15-27-19-12-13-32-21(19)23(29)28(24(27)30)14-17-6-4-3-5-7-17/h3-13H,2,14-15H2,1H3. The molecule has 0 amide bonds. The molecule has 32 heavy (non-hydrogen) atoms. The van der Waals surface area contributed by atoms with Crippen molar-refractivity contribution >= 4 is 21.6 Å². The number of fused-ring (bicyclic) bond motifs is 1. The Morgan fingerprint density at radius 1 is 0.906 bits per heavy atom. The van der Waals surface area contributed by atoms with Crippen molar-refractivity contribution in [1.29, 1.82) is 0 Å². The maximum absolute atomic E-state index is 13.3. The van der Waals surface area contributed by atoms with Crippen molar-refractivity contribution in [3.63, 3.8) is 0 Å². The molecule has 0 fully saturated rings. The van der Waals surface area contributed by atoms with Crippen molar-refractivity contribution < 1.29 is 4.52 Å². The summed E-state index contributed by atoms with van der Waals surface area (Å²) in [5, 5.41) is 5.88. The van der Waals surface area contributed by atoms with Crippen molar-refractivity contribution in [2.45, 2.75) is 26.4 Å². The first-order chi connectivity index (χ1) is 15.6. The summed E-state index contributed by atoms with van der Waals surface area (Å²) in [7, 11) is 0. The molecule has 8 heteroatoms. The summed E-state index contributed by atoms with van der Waals surface area (Å²) in [5.74, 6) is 0.772. The first-order valence-corrected chi connectivity index (χ1v) is 11.2. The fraction of sp³-hybridized carbons (Fsp3) is 0.167. The van der Waals surface area contributed by atoms with Crippen molar-refractivity contribution in [2.75, 3.05) is 0 Å². The largest absolute Gasteiger partial charge is 0.337 e. The lowest BCUT2D eigenvalue weighted by Gasteiger charge is -2.10. The average molecular weight is 445 g/mol.